The van der Waals surface area contributed by atoms with Gasteiger partial charge in [0.05, 0.1) is 18.2 Å². The number of hydrogen-bond donors (Lipinski definition) is 2. The molecule has 4 nitrogen and oxygen atoms in total. The molecule has 1 aromatic carbocycles. The number of amides is 1. The van der Waals surface area contributed by atoms with Gasteiger partial charge in [-0.3, -0.25) is 4.79 Å². The SMILES string of the molecule is CCCNC(=O)c1c(C)[nH]c2cc(OC)ccc12. The van der Waals surface area contributed by atoms with Gasteiger partial charge in [0.2, 0.25) is 0 Å². The second kappa shape index (κ2) is 5.12. The number of aromatic amines is 1. The zero-order chi connectivity index (χ0) is 13.1. The van der Waals surface area contributed by atoms with Gasteiger partial charge in [-0.15, -0.1) is 0 Å². The highest BCUT2D eigenvalue weighted by molar-refractivity contribution is 6.08. The van der Waals surface area contributed by atoms with Crippen molar-refractivity contribution in [3.05, 3.63) is 29.5 Å². The van der Waals surface area contributed by atoms with E-state index in [1.807, 2.05) is 32.0 Å². The number of carbonyl (C=O) groups excluding carboxylic acids is 1. The molecule has 0 bridgehead atoms. The lowest BCUT2D eigenvalue weighted by Crippen LogP contribution is -2.24. The fourth-order valence-electron chi connectivity index (χ4n) is 2.06. The summed E-state index contributed by atoms with van der Waals surface area (Å²) >= 11 is 0. The molecular weight excluding hydrogens is 228 g/mol. The first kappa shape index (κ1) is 12.5. The quantitative estimate of drug-likeness (QED) is 0.871. The maximum absolute atomic E-state index is 12.1. The molecule has 0 saturated heterocycles. The van der Waals surface area contributed by atoms with Crippen LogP contribution in [0.2, 0.25) is 0 Å². The normalized spacial score (nSPS) is 10.6. The van der Waals surface area contributed by atoms with Gasteiger partial charge < -0.3 is 15.0 Å². The Kier molecular flexibility index (Phi) is 3.55. The molecule has 0 radical (unpaired) electrons. The first-order chi connectivity index (χ1) is 8.67. The summed E-state index contributed by atoms with van der Waals surface area (Å²) in [7, 11) is 1.63. The monoisotopic (exact) mass is 246 g/mol. The fourth-order valence-corrected chi connectivity index (χ4v) is 2.06. The first-order valence-corrected chi connectivity index (χ1v) is 6.12. The molecule has 0 atom stereocenters. The van der Waals surface area contributed by atoms with Gasteiger partial charge in [-0.2, -0.15) is 0 Å². The molecule has 1 heterocycles. The van der Waals surface area contributed by atoms with Crippen molar-refractivity contribution in [2.75, 3.05) is 13.7 Å². The Bertz CT molecular complexity index is 572. The average molecular weight is 246 g/mol. The summed E-state index contributed by atoms with van der Waals surface area (Å²) in [4.78, 5) is 15.3. The van der Waals surface area contributed by atoms with Crippen LogP contribution in [0, 0.1) is 6.92 Å². The number of benzene rings is 1. The van der Waals surface area contributed by atoms with Crippen LogP contribution in [0.25, 0.3) is 10.9 Å². The number of aryl methyl sites for hydroxylation is 1. The number of fused-ring (bicyclic) bond motifs is 1. The third kappa shape index (κ3) is 2.18. The Morgan fingerprint density at radius 3 is 2.89 bits per heavy atom. The fraction of sp³-hybridized carbons (Fsp3) is 0.357. The van der Waals surface area contributed by atoms with Gasteiger partial charge in [0.15, 0.2) is 0 Å². The molecule has 0 aliphatic heterocycles. The molecule has 96 valence electrons. The molecule has 2 N–H and O–H groups in total. The van der Waals surface area contributed by atoms with Gasteiger partial charge in [-0.25, -0.2) is 0 Å². The van der Waals surface area contributed by atoms with E-state index in [2.05, 4.69) is 10.3 Å². The molecule has 0 aliphatic rings. The summed E-state index contributed by atoms with van der Waals surface area (Å²) in [6, 6.07) is 5.68. The van der Waals surface area contributed by atoms with Gasteiger partial charge in [-0.1, -0.05) is 6.92 Å². The molecule has 2 rings (SSSR count). The van der Waals surface area contributed by atoms with Crippen molar-refractivity contribution in [3.8, 4) is 5.75 Å². The predicted molar refractivity (Wildman–Crippen MR) is 72.2 cm³/mol. The van der Waals surface area contributed by atoms with Crippen LogP contribution in [0.15, 0.2) is 18.2 Å². The largest absolute Gasteiger partial charge is 0.497 e. The van der Waals surface area contributed by atoms with Gasteiger partial charge in [0.1, 0.15) is 5.75 Å². The Labute approximate surface area is 106 Å². The van der Waals surface area contributed by atoms with Crippen LogP contribution in [-0.4, -0.2) is 24.5 Å². The second-order valence-electron chi connectivity index (χ2n) is 4.29. The molecule has 1 aromatic heterocycles. The van der Waals surface area contributed by atoms with Crippen LogP contribution in [0.3, 0.4) is 0 Å². The summed E-state index contributed by atoms with van der Waals surface area (Å²) in [5.41, 5.74) is 2.53. The predicted octanol–water partition coefficient (Wildman–Crippen LogP) is 2.62. The van der Waals surface area contributed by atoms with E-state index in [9.17, 15) is 4.79 Å². The van der Waals surface area contributed by atoms with Crippen molar-refractivity contribution >= 4 is 16.8 Å². The summed E-state index contributed by atoms with van der Waals surface area (Å²) in [6.45, 7) is 4.64. The zero-order valence-corrected chi connectivity index (χ0v) is 11.0. The van der Waals surface area contributed by atoms with Crippen molar-refractivity contribution in [1.29, 1.82) is 0 Å². The standard InChI is InChI=1S/C14H18N2O2/c1-4-7-15-14(17)13-9(2)16-12-8-10(18-3)5-6-11(12)13/h5-6,8,16H,4,7H2,1-3H3,(H,15,17). The van der Waals surface area contributed by atoms with Crippen LogP contribution in [0.4, 0.5) is 0 Å². The molecule has 0 aliphatic carbocycles. The van der Waals surface area contributed by atoms with Crippen LogP contribution in [-0.2, 0) is 0 Å². The van der Waals surface area contributed by atoms with E-state index in [1.54, 1.807) is 7.11 Å². The number of ether oxygens (including phenoxy) is 1. The molecule has 1 amide bonds. The van der Waals surface area contributed by atoms with Crippen molar-refractivity contribution in [2.45, 2.75) is 20.3 Å². The lowest BCUT2D eigenvalue weighted by atomic mass is 10.1. The number of nitrogens with one attached hydrogen (secondary N) is 2. The van der Waals surface area contributed by atoms with Crippen molar-refractivity contribution < 1.29 is 9.53 Å². The van der Waals surface area contributed by atoms with Crippen LogP contribution in [0.5, 0.6) is 5.75 Å². The molecular formula is C14H18N2O2. The highest BCUT2D eigenvalue weighted by Gasteiger charge is 2.15. The van der Waals surface area contributed by atoms with Crippen molar-refractivity contribution in [1.82, 2.24) is 10.3 Å². The topological polar surface area (TPSA) is 54.1 Å². The molecule has 0 saturated carbocycles. The average Bonchev–Trinajstić information content (AvgIpc) is 2.70. The number of hydrogen-bond acceptors (Lipinski definition) is 2. The van der Waals surface area contributed by atoms with Gasteiger partial charge in [0.25, 0.3) is 5.91 Å². The lowest BCUT2D eigenvalue weighted by Gasteiger charge is -2.04. The number of H-pyrrole nitrogens is 1. The number of rotatable bonds is 4. The van der Waals surface area contributed by atoms with E-state index >= 15 is 0 Å². The highest BCUT2D eigenvalue weighted by Crippen LogP contribution is 2.25. The molecule has 2 aromatic rings. The van der Waals surface area contributed by atoms with E-state index in [4.69, 9.17) is 4.74 Å². The van der Waals surface area contributed by atoms with E-state index in [0.29, 0.717) is 6.54 Å². The summed E-state index contributed by atoms with van der Waals surface area (Å²) in [6.07, 6.45) is 0.932. The third-order valence-corrected chi connectivity index (χ3v) is 2.96. The number of aromatic nitrogens is 1. The molecule has 0 spiro atoms. The molecule has 18 heavy (non-hydrogen) atoms. The molecule has 0 fully saturated rings. The minimum absolute atomic E-state index is 0.0224. The Morgan fingerprint density at radius 1 is 1.44 bits per heavy atom. The molecule has 0 unspecified atom stereocenters. The Morgan fingerprint density at radius 2 is 2.22 bits per heavy atom. The van der Waals surface area contributed by atoms with E-state index in [0.717, 1.165) is 34.3 Å². The maximum atomic E-state index is 12.1. The lowest BCUT2D eigenvalue weighted by molar-refractivity contribution is 0.0954. The minimum Gasteiger partial charge on any atom is -0.497 e. The summed E-state index contributed by atoms with van der Waals surface area (Å²) in [5, 5.41) is 3.84. The zero-order valence-electron chi connectivity index (χ0n) is 11.0. The smallest absolute Gasteiger partial charge is 0.253 e. The van der Waals surface area contributed by atoms with E-state index in [1.165, 1.54) is 0 Å². The van der Waals surface area contributed by atoms with Crippen LogP contribution < -0.4 is 10.1 Å². The summed E-state index contributed by atoms with van der Waals surface area (Å²) in [5.74, 6) is 0.759. The third-order valence-electron chi connectivity index (χ3n) is 2.96. The second-order valence-corrected chi connectivity index (χ2v) is 4.29. The van der Waals surface area contributed by atoms with Gasteiger partial charge in [0, 0.05) is 23.7 Å². The van der Waals surface area contributed by atoms with Crippen LogP contribution >= 0.6 is 0 Å². The van der Waals surface area contributed by atoms with Gasteiger partial charge in [-0.05, 0) is 25.5 Å². The van der Waals surface area contributed by atoms with E-state index in [-0.39, 0.29) is 5.91 Å². The first-order valence-electron chi connectivity index (χ1n) is 6.12. The Hall–Kier alpha value is -1.97. The summed E-state index contributed by atoms with van der Waals surface area (Å²) < 4.78 is 5.18. The maximum Gasteiger partial charge on any atom is 0.253 e. The van der Waals surface area contributed by atoms with E-state index < -0.39 is 0 Å². The van der Waals surface area contributed by atoms with Crippen LogP contribution in [0.1, 0.15) is 29.4 Å². The highest BCUT2D eigenvalue weighted by atomic mass is 16.5. The minimum atomic E-state index is -0.0224. The van der Waals surface area contributed by atoms with Crippen molar-refractivity contribution in [2.24, 2.45) is 0 Å². The van der Waals surface area contributed by atoms with Crippen molar-refractivity contribution in [3.63, 3.8) is 0 Å². The molecule has 4 heteroatoms. The Balaban J connectivity index is 2.44. The number of carbonyl (C=O) groups is 1. The van der Waals surface area contributed by atoms with Gasteiger partial charge >= 0.3 is 0 Å². The number of methoxy groups -OCH3 is 1.